The Kier molecular flexibility index (Phi) is 14.3. The molecule has 64 heavy (non-hydrogen) atoms. The minimum absolute atomic E-state index is 0.0262. The van der Waals surface area contributed by atoms with Gasteiger partial charge >= 0.3 is 14.2 Å². The summed E-state index contributed by atoms with van der Waals surface area (Å²) in [4.78, 5) is 50.9. The molecule has 1 fully saturated rings. The molecule has 5 atom stereocenters. The van der Waals surface area contributed by atoms with Crippen molar-refractivity contribution in [2.75, 3.05) is 26.1 Å². The predicted molar refractivity (Wildman–Crippen MR) is 244 cm³/mol. The molecule has 1 unspecified atom stereocenters. The fourth-order valence-corrected chi connectivity index (χ4v) is 9.07. The van der Waals surface area contributed by atoms with Crippen LogP contribution in [0.1, 0.15) is 78.3 Å². The molecule has 0 radical (unpaired) electrons. The summed E-state index contributed by atoms with van der Waals surface area (Å²) < 4.78 is 59.7. The monoisotopic (exact) mass is 916 g/mol. The first-order chi connectivity index (χ1) is 30.1. The molecule has 0 aliphatic carbocycles. The molecule has 0 spiro atoms. The summed E-state index contributed by atoms with van der Waals surface area (Å²) in [5.41, 5.74) is -0.575. The number of nitrogens with zero attached hydrogens (tertiary/aromatic N) is 3. The molecule has 1 amide bonds. The van der Waals surface area contributed by atoms with Crippen molar-refractivity contribution in [2.45, 2.75) is 104 Å². The third kappa shape index (κ3) is 10.1. The number of aromatic amines is 1. The van der Waals surface area contributed by atoms with Gasteiger partial charge in [-0.05, 0) is 79.9 Å². The maximum absolute atomic E-state index is 14.0. The van der Waals surface area contributed by atoms with E-state index in [0.717, 1.165) is 16.7 Å². The SMILES string of the molecule is COc1ccc(C(OC[C@H]2O[C@@H](n3cnc4c(=O)[nH]c(NC(=O)C(C)C)nc43)[C@H](O[Si](C)(C)C(C)(C)C)[C@@H]2O[P+](=O)OC(=O)C(C)(C)C)(c2ccccc2)c2ccc(OC)cc2)cc1. The van der Waals surface area contributed by atoms with Crippen molar-refractivity contribution >= 4 is 45.6 Å². The smallest absolute Gasteiger partial charge is 0.497 e. The van der Waals surface area contributed by atoms with Gasteiger partial charge in [0.2, 0.25) is 11.9 Å². The molecule has 3 heterocycles. The Morgan fingerprint density at radius 1 is 0.875 bits per heavy atom. The van der Waals surface area contributed by atoms with Crippen LogP contribution in [0.25, 0.3) is 11.2 Å². The van der Waals surface area contributed by atoms with Crippen LogP contribution in [0.2, 0.25) is 18.1 Å². The third-order valence-electron chi connectivity index (χ3n) is 11.6. The van der Waals surface area contributed by atoms with Gasteiger partial charge in [0.15, 0.2) is 31.8 Å². The molecule has 2 aromatic heterocycles. The number of fused-ring (bicyclic) bond motifs is 1. The minimum Gasteiger partial charge on any atom is -0.497 e. The number of carbonyl (C=O) groups excluding carboxylic acids is 2. The van der Waals surface area contributed by atoms with Crippen molar-refractivity contribution in [1.29, 1.82) is 0 Å². The van der Waals surface area contributed by atoms with Crippen molar-refractivity contribution in [3.63, 3.8) is 0 Å². The van der Waals surface area contributed by atoms with Gasteiger partial charge in [-0.1, -0.05) is 89.2 Å². The van der Waals surface area contributed by atoms with Gasteiger partial charge in [0.1, 0.15) is 29.3 Å². The Morgan fingerprint density at radius 3 is 1.95 bits per heavy atom. The summed E-state index contributed by atoms with van der Waals surface area (Å²) in [7, 11) is -2.69. The Hall–Kier alpha value is -5.29. The van der Waals surface area contributed by atoms with E-state index in [-0.39, 0.29) is 34.7 Å². The van der Waals surface area contributed by atoms with Crippen molar-refractivity contribution in [3.05, 3.63) is 112 Å². The summed E-state index contributed by atoms with van der Waals surface area (Å²) in [6, 6.07) is 24.8. The average molecular weight is 917 g/mol. The molecule has 1 aliphatic rings. The van der Waals surface area contributed by atoms with Gasteiger partial charge in [0.05, 0.1) is 32.6 Å². The van der Waals surface area contributed by atoms with Crippen LogP contribution in [-0.4, -0.2) is 78.9 Å². The zero-order chi connectivity index (χ0) is 46.8. The lowest BCUT2D eigenvalue weighted by molar-refractivity contribution is -0.143. The molecule has 2 N–H and O–H groups in total. The third-order valence-corrected chi connectivity index (χ3v) is 16.8. The molecular weight excluding hydrogens is 858 g/mol. The molecule has 0 bridgehead atoms. The van der Waals surface area contributed by atoms with Crippen LogP contribution in [0.15, 0.2) is 90.0 Å². The van der Waals surface area contributed by atoms with Gasteiger partial charge in [0.25, 0.3) is 5.56 Å². The zero-order valence-corrected chi connectivity index (χ0v) is 40.4. The number of amides is 1. The number of rotatable bonds is 16. The molecule has 5 aromatic rings. The van der Waals surface area contributed by atoms with E-state index < -0.39 is 69.6 Å². The number of methoxy groups -OCH3 is 2. The molecule has 1 saturated heterocycles. The molecule has 1 aliphatic heterocycles. The number of carbonyl (C=O) groups is 2. The van der Waals surface area contributed by atoms with E-state index in [9.17, 15) is 18.9 Å². The zero-order valence-electron chi connectivity index (χ0n) is 38.5. The van der Waals surface area contributed by atoms with Gasteiger partial charge < -0.3 is 23.4 Å². The van der Waals surface area contributed by atoms with Crippen molar-refractivity contribution in [1.82, 2.24) is 19.5 Å². The average Bonchev–Trinajstić information content (AvgIpc) is 3.81. The lowest BCUT2D eigenvalue weighted by Gasteiger charge is -2.40. The van der Waals surface area contributed by atoms with E-state index in [1.807, 2.05) is 92.0 Å². The lowest BCUT2D eigenvalue weighted by Crippen LogP contribution is -2.49. The van der Waals surface area contributed by atoms with Gasteiger partial charge in [-0.3, -0.25) is 24.5 Å². The van der Waals surface area contributed by atoms with Gasteiger partial charge in [-0.25, -0.2) is 9.78 Å². The minimum atomic E-state index is -3.11. The van der Waals surface area contributed by atoms with Gasteiger partial charge in [-0.15, -0.1) is 4.52 Å². The molecule has 3 aromatic carbocycles. The maximum atomic E-state index is 14.0. The van der Waals surface area contributed by atoms with E-state index >= 15 is 0 Å². The quantitative estimate of drug-likeness (QED) is 0.0544. The second-order valence-electron chi connectivity index (χ2n) is 18.5. The van der Waals surface area contributed by atoms with Crippen LogP contribution in [-0.2, 0) is 42.7 Å². The van der Waals surface area contributed by atoms with Gasteiger partial charge in [-0.2, -0.15) is 9.51 Å². The molecule has 0 saturated carbocycles. The number of hydrogen-bond donors (Lipinski definition) is 2. The highest BCUT2D eigenvalue weighted by molar-refractivity contribution is 7.34. The number of ether oxygens (including phenoxy) is 4. The number of aromatic nitrogens is 4. The molecule has 16 nitrogen and oxygen atoms in total. The lowest BCUT2D eigenvalue weighted by atomic mass is 9.80. The second kappa shape index (κ2) is 19.0. The van der Waals surface area contributed by atoms with Crippen molar-refractivity contribution in [2.24, 2.45) is 11.3 Å². The summed E-state index contributed by atoms with van der Waals surface area (Å²) in [6.07, 6.45) is -3.09. The number of benzene rings is 3. The van der Waals surface area contributed by atoms with E-state index in [2.05, 4.69) is 41.0 Å². The normalized spacial score (nSPS) is 18.5. The number of imidazole rings is 1. The second-order valence-corrected chi connectivity index (χ2v) is 24.1. The predicted octanol–water partition coefficient (Wildman–Crippen LogP) is 8.66. The van der Waals surface area contributed by atoms with Crippen LogP contribution in [0.4, 0.5) is 5.95 Å². The van der Waals surface area contributed by atoms with Crippen LogP contribution in [0.3, 0.4) is 0 Å². The Labute approximate surface area is 375 Å². The standard InChI is InChI=1S/C46H58N5O11PSi/c1-28(2)39(52)49-43-48-38-35(40(53)50-43)47-27-51(38)41-37(62-64(11,12)45(6,7)8)36(60-63(55)61-42(54)44(3,4)5)34(59-41)26-58-46(29-16-14-13-15-17-29,30-18-22-32(56-9)23-19-30)31-20-24-33(57-10)25-21-31/h13-25,27-28,34,36-37,41H,26H2,1-12H3,(H-,48,49,50,52,53)/p+1/t34-,36-,37-,41-/m1/s1. The highest BCUT2D eigenvalue weighted by atomic mass is 31.1. The Morgan fingerprint density at radius 2 is 1.44 bits per heavy atom. The maximum Gasteiger partial charge on any atom is 0.753 e. The van der Waals surface area contributed by atoms with Crippen molar-refractivity contribution in [3.8, 4) is 11.5 Å². The summed E-state index contributed by atoms with van der Waals surface area (Å²) >= 11 is 0. The summed E-state index contributed by atoms with van der Waals surface area (Å²) in [5.74, 6) is -0.308. The largest absolute Gasteiger partial charge is 0.753 e. The number of anilines is 1. The molecule has 18 heteroatoms. The number of hydrogen-bond acceptors (Lipinski definition) is 13. The molecule has 6 rings (SSSR count). The van der Waals surface area contributed by atoms with Crippen LogP contribution >= 0.6 is 8.25 Å². The van der Waals surface area contributed by atoms with Crippen molar-refractivity contribution < 1.29 is 46.6 Å². The fourth-order valence-electron chi connectivity index (χ4n) is 6.88. The Balaban J connectivity index is 1.54. The van der Waals surface area contributed by atoms with Crippen LogP contribution < -0.4 is 20.3 Å². The first kappa shape index (κ1) is 48.2. The summed E-state index contributed by atoms with van der Waals surface area (Å²) in [5, 5.41) is 2.32. The van der Waals surface area contributed by atoms with E-state index in [4.69, 9.17) is 32.4 Å². The van der Waals surface area contributed by atoms with E-state index in [1.165, 1.54) is 10.9 Å². The fraction of sp³-hybridized carbons (Fsp3) is 0.457. The topological polar surface area (TPSA) is 191 Å². The number of H-pyrrole nitrogens is 1. The highest BCUT2D eigenvalue weighted by Gasteiger charge is 2.57. The molecule has 342 valence electrons. The van der Waals surface area contributed by atoms with Crippen LogP contribution in [0.5, 0.6) is 11.5 Å². The first-order valence-electron chi connectivity index (χ1n) is 21.1. The highest BCUT2D eigenvalue weighted by Crippen LogP contribution is 2.48. The van der Waals surface area contributed by atoms with Gasteiger partial charge in [0, 0.05) is 10.5 Å². The Bertz CT molecular complexity index is 2450. The summed E-state index contributed by atoms with van der Waals surface area (Å²) in [6.45, 7) is 18.5. The van der Waals surface area contributed by atoms with Crippen LogP contribution in [0, 0.1) is 11.3 Å². The molecular formula is C46H59N5O11PSi+. The van der Waals surface area contributed by atoms with E-state index in [1.54, 1.807) is 48.8 Å². The first-order valence-corrected chi connectivity index (χ1v) is 25.1. The number of nitrogens with one attached hydrogen (secondary N) is 2. The van der Waals surface area contributed by atoms with E-state index in [0.29, 0.717) is 11.5 Å².